The second-order valence-corrected chi connectivity index (χ2v) is 5.34. The van der Waals surface area contributed by atoms with E-state index in [-0.39, 0.29) is 17.4 Å². The van der Waals surface area contributed by atoms with Crippen LogP contribution in [0.4, 0.5) is 19.0 Å². The molecule has 0 radical (unpaired) electrons. The first-order valence-corrected chi connectivity index (χ1v) is 6.93. The molecule has 1 aromatic heterocycles. The molecule has 0 fully saturated rings. The van der Waals surface area contributed by atoms with Crippen LogP contribution in [0, 0.1) is 0 Å². The number of halogens is 5. The zero-order valence-corrected chi connectivity index (χ0v) is 12.5. The van der Waals surface area contributed by atoms with E-state index in [0.717, 1.165) is 6.07 Å². The van der Waals surface area contributed by atoms with E-state index in [1.807, 2.05) is 0 Å². The van der Waals surface area contributed by atoms with Gasteiger partial charge in [0.05, 0.1) is 16.7 Å². The Morgan fingerprint density at radius 3 is 2.36 bits per heavy atom. The molecule has 2 N–H and O–H groups in total. The summed E-state index contributed by atoms with van der Waals surface area (Å²) >= 11 is 11.5. The first kappa shape index (κ1) is 16.9. The number of nitrogens with zero attached hydrogens (tertiary/aromatic N) is 1. The molecule has 118 valence electrons. The predicted molar refractivity (Wildman–Crippen MR) is 79.2 cm³/mol. The van der Waals surface area contributed by atoms with Gasteiger partial charge in [-0.1, -0.05) is 35.3 Å². The minimum atomic E-state index is -4.50. The average Bonchev–Trinajstić information content (AvgIpc) is 2.45. The molecule has 0 saturated heterocycles. The number of pyridine rings is 1. The van der Waals surface area contributed by atoms with Gasteiger partial charge in [0.15, 0.2) is 0 Å². The van der Waals surface area contributed by atoms with Crippen LogP contribution in [0.25, 0.3) is 0 Å². The number of aliphatic hydroxyl groups excluding tert-OH is 1. The lowest BCUT2D eigenvalue weighted by molar-refractivity contribution is -0.137. The molecular weight excluding hydrogens is 340 g/mol. The molecule has 8 heteroatoms. The zero-order chi connectivity index (χ0) is 16.3. The number of alkyl halides is 3. The number of aromatic nitrogens is 1. The molecule has 2 rings (SSSR count). The summed E-state index contributed by atoms with van der Waals surface area (Å²) in [6, 6.07) is 7.34. The van der Waals surface area contributed by atoms with Gasteiger partial charge in [0.1, 0.15) is 5.82 Å². The van der Waals surface area contributed by atoms with E-state index in [2.05, 4.69) is 10.3 Å². The Balaban J connectivity index is 2.04. The topological polar surface area (TPSA) is 45.1 Å². The lowest BCUT2D eigenvalue weighted by Gasteiger charge is -2.14. The maximum Gasteiger partial charge on any atom is 0.417 e. The van der Waals surface area contributed by atoms with Crippen LogP contribution in [-0.4, -0.2) is 16.6 Å². The Labute approximate surface area is 134 Å². The van der Waals surface area contributed by atoms with E-state index in [9.17, 15) is 18.3 Å². The van der Waals surface area contributed by atoms with Gasteiger partial charge in [0.25, 0.3) is 0 Å². The molecule has 0 saturated carbocycles. The average molecular weight is 351 g/mol. The van der Waals surface area contributed by atoms with Gasteiger partial charge in [-0.15, -0.1) is 0 Å². The summed E-state index contributed by atoms with van der Waals surface area (Å²) in [5.41, 5.74) is -0.318. The Hall–Kier alpha value is -1.50. The molecule has 0 aliphatic rings. The van der Waals surface area contributed by atoms with E-state index >= 15 is 0 Å². The molecule has 1 atom stereocenters. The largest absolute Gasteiger partial charge is 0.417 e. The van der Waals surface area contributed by atoms with Crippen molar-refractivity contribution in [2.24, 2.45) is 0 Å². The summed E-state index contributed by atoms with van der Waals surface area (Å²) < 4.78 is 37.5. The van der Waals surface area contributed by atoms with Crippen molar-refractivity contribution in [3.05, 3.63) is 57.7 Å². The summed E-state index contributed by atoms with van der Waals surface area (Å²) in [6.45, 7) is 0.0414. The second-order valence-electron chi connectivity index (χ2n) is 4.50. The van der Waals surface area contributed by atoms with Crippen molar-refractivity contribution in [3.8, 4) is 0 Å². The van der Waals surface area contributed by atoms with E-state index in [0.29, 0.717) is 16.8 Å². The van der Waals surface area contributed by atoms with Crippen molar-refractivity contribution in [2.75, 3.05) is 11.9 Å². The van der Waals surface area contributed by atoms with Crippen molar-refractivity contribution in [3.63, 3.8) is 0 Å². The van der Waals surface area contributed by atoms with Crippen LogP contribution in [0.1, 0.15) is 17.2 Å². The molecule has 0 amide bonds. The van der Waals surface area contributed by atoms with Crippen molar-refractivity contribution < 1.29 is 18.3 Å². The smallest absolute Gasteiger partial charge is 0.387 e. The van der Waals surface area contributed by atoms with Crippen molar-refractivity contribution in [1.29, 1.82) is 0 Å². The fourth-order valence-electron chi connectivity index (χ4n) is 1.72. The highest BCUT2D eigenvalue weighted by molar-refractivity contribution is 6.33. The van der Waals surface area contributed by atoms with Gasteiger partial charge < -0.3 is 10.4 Å². The molecule has 0 spiro atoms. The van der Waals surface area contributed by atoms with Crippen LogP contribution in [0.5, 0.6) is 0 Å². The Morgan fingerprint density at radius 1 is 1.18 bits per heavy atom. The molecule has 1 unspecified atom stereocenters. The summed E-state index contributed by atoms with van der Waals surface area (Å²) in [5.74, 6) is 0.0719. The first-order chi connectivity index (χ1) is 10.3. The van der Waals surface area contributed by atoms with Gasteiger partial charge in [0.2, 0.25) is 0 Å². The Kier molecular flexibility index (Phi) is 5.16. The molecule has 2 aromatic rings. The minimum Gasteiger partial charge on any atom is -0.387 e. The summed E-state index contributed by atoms with van der Waals surface area (Å²) in [7, 11) is 0. The van der Waals surface area contributed by atoms with Gasteiger partial charge in [0, 0.05) is 17.8 Å². The van der Waals surface area contributed by atoms with Gasteiger partial charge in [-0.2, -0.15) is 13.2 Å². The maximum atomic E-state index is 12.5. The zero-order valence-electron chi connectivity index (χ0n) is 11.0. The summed E-state index contributed by atoms with van der Waals surface area (Å²) in [4.78, 5) is 3.63. The highest BCUT2D eigenvalue weighted by atomic mass is 35.5. The number of rotatable bonds is 4. The number of hydrogen-bond donors (Lipinski definition) is 2. The van der Waals surface area contributed by atoms with Crippen LogP contribution in [-0.2, 0) is 6.18 Å². The quantitative estimate of drug-likeness (QED) is 0.849. The number of aliphatic hydroxyl groups is 1. The number of benzene rings is 1. The SMILES string of the molecule is OC(CNc1ncc(C(F)(F)F)cc1Cl)c1ccc(Cl)cc1. The molecule has 3 nitrogen and oxygen atoms in total. The number of nitrogens with one attached hydrogen (secondary N) is 1. The summed E-state index contributed by atoms with van der Waals surface area (Å²) in [6.07, 6.45) is -4.70. The predicted octanol–water partition coefficient (Wildman–Crippen LogP) is 4.55. The third-order valence-electron chi connectivity index (χ3n) is 2.89. The molecule has 1 aromatic carbocycles. The van der Waals surface area contributed by atoms with Gasteiger partial charge >= 0.3 is 6.18 Å². The second kappa shape index (κ2) is 6.73. The molecule has 22 heavy (non-hydrogen) atoms. The number of hydrogen-bond acceptors (Lipinski definition) is 3. The Bertz CT molecular complexity index is 648. The number of anilines is 1. The molecular formula is C14H11Cl2F3N2O. The van der Waals surface area contributed by atoms with Gasteiger partial charge in [-0.25, -0.2) is 4.98 Å². The third kappa shape index (κ3) is 4.25. The van der Waals surface area contributed by atoms with Gasteiger partial charge in [-0.05, 0) is 23.8 Å². The van der Waals surface area contributed by atoms with Crippen molar-refractivity contribution in [1.82, 2.24) is 4.98 Å². The van der Waals surface area contributed by atoms with E-state index in [4.69, 9.17) is 23.2 Å². The van der Waals surface area contributed by atoms with Crippen LogP contribution in [0.2, 0.25) is 10.0 Å². The normalized spacial score (nSPS) is 13.0. The van der Waals surface area contributed by atoms with Crippen molar-refractivity contribution >= 4 is 29.0 Å². The highest BCUT2D eigenvalue weighted by Crippen LogP contribution is 2.32. The minimum absolute atomic E-state index is 0.0414. The van der Waals surface area contributed by atoms with E-state index in [1.54, 1.807) is 24.3 Å². The summed E-state index contributed by atoms with van der Waals surface area (Å²) in [5, 5.41) is 13.1. The lowest BCUT2D eigenvalue weighted by atomic mass is 10.1. The van der Waals surface area contributed by atoms with E-state index in [1.165, 1.54) is 0 Å². The Morgan fingerprint density at radius 2 is 1.82 bits per heavy atom. The van der Waals surface area contributed by atoms with Crippen LogP contribution in [0.3, 0.4) is 0 Å². The highest BCUT2D eigenvalue weighted by Gasteiger charge is 2.31. The molecule has 0 bridgehead atoms. The monoisotopic (exact) mass is 350 g/mol. The van der Waals surface area contributed by atoms with Crippen molar-refractivity contribution in [2.45, 2.75) is 12.3 Å². The molecule has 0 aliphatic heterocycles. The van der Waals surface area contributed by atoms with E-state index < -0.39 is 17.8 Å². The van der Waals surface area contributed by atoms with Crippen LogP contribution >= 0.6 is 23.2 Å². The van der Waals surface area contributed by atoms with Crippen LogP contribution < -0.4 is 5.32 Å². The third-order valence-corrected chi connectivity index (χ3v) is 3.43. The maximum absolute atomic E-state index is 12.5. The lowest BCUT2D eigenvalue weighted by Crippen LogP contribution is -2.14. The van der Waals surface area contributed by atoms with Gasteiger partial charge in [-0.3, -0.25) is 0 Å². The fraction of sp³-hybridized carbons (Fsp3) is 0.214. The van der Waals surface area contributed by atoms with Crippen LogP contribution in [0.15, 0.2) is 36.5 Å². The first-order valence-electron chi connectivity index (χ1n) is 6.17. The fourth-order valence-corrected chi connectivity index (χ4v) is 2.08. The molecule has 1 heterocycles. The molecule has 0 aliphatic carbocycles. The standard InChI is InChI=1S/C14H11Cl2F3N2O/c15-10-3-1-8(2-4-10)12(22)7-21-13-11(16)5-9(6-20-13)14(17,18)19/h1-6,12,22H,7H2,(H,20,21).